The molecule has 2 aromatic carbocycles. The molecule has 4 rings (SSSR count). The Hall–Kier alpha value is -2.84. The highest BCUT2D eigenvalue weighted by Crippen LogP contribution is 2.47. The summed E-state index contributed by atoms with van der Waals surface area (Å²) in [5, 5.41) is 4.42. The Balaban J connectivity index is 1.78. The van der Waals surface area contributed by atoms with E-state index in [1.54, 1.807) is 36.8 Å². The SMILES string of the molecule is COc1ccc([C@@H]2CC(=O)Nc3c(S(=O)(=O)c4ccc(C)cc4)csc32)cc1OC(C)C. The van der Waals surface area contributed by atoms with Gasteiger partial charge in [-0.1, -0.05) is 23.8 Å². The second-order valence-corrected chi connectivity index (χ2v) is 10.9. The molecule has 1 atom stereocenters. The maximum absolute atomic E-state index is 13.3. The van der Waals surface area contributed by atoms with Gasteiger partial charge in [0.15, 0.2) is 11.5 Å². The third-order valence-electron chi connectivity index (χ3n) is 5.33. The molecule has 0 bridgehead atoms. The van der Waals surface area contributed by atoms with E-state index >= 15 is 0 Å². The quantitative estimate of drug-likeness (QED) is 0.537. The summed E-state index contributed by atoms with van der Waals surface area (Å²) in [4.78, 5) is 13.7. The van der Waals surface area contributed by atoms with Gasteiger partial charge in [-0.05, 0) is 50.6 Å². The number of anilines is 1. The van der Waals surface area contributed by atoms with Gasteiger partial charge < -0.3 is 14.8 Å². The van der Waals surface area contributed by atoms with Crippen molar-refractivity contribution in [2.75, 3.05) is 12.4 Å². The average molecular weight is 472 g/mol. The van der Waals surface area contributed by atoms with Gasteiger partial charge in [0.1, 0.15) is 4.90 Å². The van der Waals surface area contributed by atoms with Crippen LogP contribution >= 0.6 is 11.3 Å². The minimum atomic E-state index is -3.77. The molecule has 1 aromatic heterocycles. The highest BCUT2D eigenvalue weighted by Gasteiger charge is 2.34. The number of amides is 1. The first-order chi connectivity index (χ1) is 15.2. The zero-order valence-electron chi connectivity index (χ0n) is 18.3. The number of aryl methyl sites for hydroxylation is 1. The molecular weight excluding hydrogens is 446 g/mol. The van der Waals surface area contributed by atoms with Crippen molar-refractivity contribution < 1.29 is 22.7 Å². The number of methoxy groups -OCH3 is 1. The molecule has 0 saturated carbocycles. The third-order valence-corrected chi connectivity index (χ3v) is 8.37. The summed E-state index contributed by atoms with van der Waals surface area (Å²) in [5.41, 5.74) is 2.22. The van der Waals surface area contributed by atoms with E-state index in [1.165, 1.54) is 11.3 Å². The second-order valence-electron chi connectivity index (χ2n) is 8.04. The summed E-state index contributed by atoms with van der Waals surface area (Å²) in [6, 6.07) is 12.3. The van der Waals surface area contributed by atoms with E-state index in [9.17, 15) is 13.2 Å². The number of nitrogens with one attached hydrogen (secondary N) is 1. The van der Waals surface area contributed by atoms with Crippen molar-refractivity contribution in [3.05, 3.63) is 63.8 Å². The Morgan fingerprint density at radius 1 is 1.09 bits per heavy atom. The van der Waals surface area contributed by atoms with Crippen molar-refractivity contribution in [2.24, 2.45) is 0 Å². The fraction of sp³-hybridized carbons (Fsp3) is 0.292. The number of ether oxygens (including phenoxy) is 2. The van der Waals surface area contributed by atoms with Crippen LogP contribution in [0.2, 0.25) is 0 Å². The van der Waals surface area contributed by atoms with Crippen LogP contribution in [0.1, 0.15) is 42.2 Å². The van der Waals surface area contributed by atoms with Crippen LogP contribution in [0, 0.1) is 6.92 Å². The molecule has 0 unspecified atom stereocenters. The Bertz CT molecular complexity index is 1260. The Kier molecular flexibility index (Phi) is 6.01. The maximum Gasteiger partial charge on any atom is 0.225 e. The molecule has 6 nitrogen and oxygen atoms in total. The minimum absolute atomic E-state index is 0.0441. The van der Waals surface area contributed by atoms with E-state index in [1.807, 2.05) is 39.0 Å². The van der Waals surface area contributed by atoms with Crippen LogP contribution in [0.5, 0.6) is 11.5 Å². The monoisotopic (exact) mass is 471 g/mol. The largest absolute Gasteiger partial charge is 0.493 e. The van der Waals surface area contributed by atoms with Gasteiger partial charge in [-0.2, -0.15) is 0 Å². The molecule has 1 aliphatic heterocycles. The topological polar surface area (TPSA) is 81.7 Å². The predicted molar refractivity (Wildman–Crippen MR) is 125 cm³/mol. The molecule has 0 saturated heterocycles. The van der Waals surface area contributed by atoms with Gasteiger partial charge in [0, 0.05) is 22.6 Å². The van der Waals surface area contributed by atoms with Crippen molar-refractivity contribution in [2.45, 2.75) is 49.0 Å². The number of thiophene rings is 1. The van der Waals surface area contributed by atoms with E-state index < -0.39 is 9.84 Å². The molecule has 168 valence electrons. The highest BCUT2D eigenvalue weighted by molar-refractivity contribution is 7.91. The fourth-order valence-electron chi connectivity index (χ4n) is 3.77. The van der Waals surface area contributed by atoms with Crippen LogP contribution in [0.4, 0.5) is 5.69 Å². The summed E-state index contributed by atoms with van der Waals surface area (Å²) >= 11 is 1.35. The molecular formula is C24H25NO5S2. The van der Waals surface area contributed by atoms with Gasteiger partial charge in [0.05, 0.1) is 23.8 Å². The van der Waals surface area contributed by atoms with Crippen molar-refractivity contribution in [1.29, 1.82) is 0 Å². The van der Waals surface area contributed by atoms with E-state index in [2.05, 4.69) is 5.32 Å². The Morgan fingerprint density at radius 2 is 1.81 bits per heavy atom. The van der Waals surface area contributed by atoms with Gasteiger partial charge in [-0.25, -0.2) is 8.42 Å². The summed E-state index contributed by atoms with van der Waals surface area (Å²) in [5.74, 6) is 0.711. The first-order valence-corrected chi connectivity index (χ1v) is 12.6. The van der Waals surface area contributed by atoms with Crippen LogP contribution in [-0.4, -0.2) is 27.5 Å². The van der Waals surface area contributed by atoms with Crippen molar-refractivity contribution in [1.82, 2.24) is 0 Å². The Labute approximate surface area is 192 Å². The number of carbonyl (C=O) groups is 1. The van der Waals surface area contributed by atoms with E-state index in [-0.39, 0.29) is 34.1 Å². The number of carbonyl (C=O) groups excluding carboxylic acids is 1. The zero-order valence-corrected chi connectivity index (χ0v) is 20.0. The lowest BCUT2D eigenvalue weighted by Gasteiger charge is -2.25. The third kappa shape index (κ3) is 4.12. The fourth-order valence-corrected chi connectivity index (χ4v) is 6.68. The van der Waals surface area contributed by atoms with Gasteiger partial charge in [0.2, 0.25) is 15.7 Å². The molecule has 32 heavy (non-hydrogen) atoms. The van der Waals surface area contributed by atoms with E-state index in [4.69, 9.17) is 9.47 Å². The summed E-state index contributed by atoms with van der Waals surface area (Å²) < 4.78 is 37.9. The minimum Gasteiger partial charge on any atom is -0.493 e. The molecule has 0 radical (unpaired) electrons. The first-order valence-electron chi connectivity index (χ1n) is 10.3. The molecule has 3 aromatic rings. The number of hydrogen-bond donors (Lipinski definition) is 1. The van der Waals surface area contributed by atoms with Crippen LogP contribution in [0.15, 0.2) is 57.6 Å². The molecule has 2 heterocycles. The Morgan fingerprint density at radius 3 is 2.47 bits per heavy atom. The zero-order chi connectivity index (χ0) is 23.0. The van der Waals surface area contributed by atoms with E-state index in [0.29, 0.717) is 17.2 Å². The molecule has 1 aliphatic rings. The van der Waals surface area contributed by atoms with Gasteiger partial charge in [-0.15, -0.1) is 11.3 Å². The summed E-state index contributed by atoms with van der Waals surface area (Å²) in [6.07, 6.45) is 0.183. The number of rotatable bonds is 6. The van der Waals surface area contributed by atoms with Gasteiger partial charge >= 0.3 is 0 Å². The predicted octanol–water partition coefficient (Wildman–Crippen LogP) is 5.16. The highest BCUT2D eigenvalue weighted by atomic mass is 32.2. The average Bonchev–Trinajstić information content (AvgIpc) is 3.17. The van der Waals surface area contributed by atoms with Crippen molar-refractivity contribution in [3.8, 4) is 11.5 Å². The molecule has 1 amide bonds. The van der Waals surface area contributed by atoms with Crippen molar-refractivity contribution in [3.63, 3.8) is 0 Å². The second kappa shape index (κ2) is 8.60. The molecule has 8 heteroatoms. The van der Waals surface area contributed by atoms with Crippen LogP contribution in [0.25, 0.3) is 0 Å². The molecule has 0 aliphatic carbocycles. The van der Waals surface area contributed by atoms with Crippen LogP contribution < -0.4 is 14.8 Å². The molecule has 1 N–H and O–H groups in total. The van der Waals surface area contributed by atoms with Gasteiger partial charge in [-0.3, -0.25) is 4.79 Å². The smallest absolute Gasteiger partial charge is 0.225 e. The van der Waals surface area contributed by atoms with Crippen LogP contribution in [0.3, 0.4) is 0 Å². The lowest BCUT2D eigenvalue weighted by atomic mass is 9.90. The van der Waals surface area contributed by atoms with Crippen LogP contribution in [-0.2, 0) is 14.6 Å². The van der Waals surface area contributed by atoms with E-state index in [0.717, 1.165) is 16.0 Å². The lowest BCUT2D eigenvalue weighted by molar-refractivity contribution is -0.116. The maximum atomic E-state index is 13.3. The first kappa shape index (κ1) is 22.4. The standard InChI is InChI=1S/C24H25NO5S2/c1-14(2)30-20-11-16(7-10-19(20)29-4)18-12-22(26)25-23-21(13-31-24(18)23)32(27,28)17-8-5-15(3)6-9-17/h5-11,13-14,18H,12H2,1-4H3,(H,25,26)/t18-/m0/s1. The number of hydrogen-bond acceptors (Lipinski definition) is 6. The van der Waals surface area contributed by atoms with Gasteiger partial charge in [0.25, 0.3) is 0 Å². The molecule has 0 fully saturated rings. The summed E-state index contributed by atoms with van der Waals surface area (Å²) in [7, 11) is -2.19. The number of sulfone groups is 1. The molecule has 0 spiro atoms. The number of fused-ring (bicyclic) bond motifs is 1. The lowest BCUT2D eigenvalue weighted by Crippen LogP contribution is -2.23. The van der Waals surface area contributed by atoms with Crippen molar-refractivity contribution >= 4 is 32.8 Å². The summed E-state index contributed by atoms with van der Waals surface area (Å²) in [6.45, 7) is 5.76. The normalized spacial score (nSPS) is 15.9. The number of benzene rings is 2.